The lowest BCUT2D eigenvalue weighted by molar-refractivity contribution is 0.0939. The van der Waals surface area contributed by atoms with Gasteiger partial charge in [-0.2, -0.15) is 0 Å². The highest BCUT2D eigenvalue weighted by molar-refractivity contribution is 5.92. The molecular weight excluding hydrogens is 244 g/mol. The van der Waals surface area contributed by atoms with Crippen LogP contribution < -0.4 is 10.6 Å². The Labute approximate surface area is 113 Å². The molecule has 6 heteroatoms. The minimum Gasteiger partial charge on any atom is -0.381 e. The minimum absolute atomic E-state index is 0.181. The summed E-state index contributed by atoms with van der Waals surface area (Å²) in [5.74, 6) is 0.872. The largest absolute Gasteiger partial charge is 0.381 e. The Hall–Kier alpha value is -1.69. The molecule has 104 valence electrons. The number of nitrogens with zero attached hydrogens (tertiary/aromatic N) is 2. The molecular formula is C13H20N4O2. The summed E-state index contributed by atoms with van der Waals surface area (Å²) in [5, 5.41) is 5.99. The lowest BCUT2D eigenvalue weighted by atomic mass is 10.1. The van der Waals surface area contributed by atoms with Gasteiger partial charge in [0.2, 0.25) is 0 Å². The van der Waals surface area contributed by atoms with E-state index in [2.05, 4.69) is 27.5 Å². The van der Waals surface area contributed by atoms with E-state index in [-0.39, 0.29) is 5.91 Å². The maximum absolute atomic E-state index is 11.9. The number of aromatic nitrogens is 2. The van der Waals surface area contributed by atoms with E-state index in [1.165, 1.54) is 6.20 Å². The SMILES string of the molecule is CCCNc1cncc(C(=O)NCC2CCOC2)n1. The van der Waals surface area contributed by atoms with Gasteiger partial charge in [0.1, 0.15) is 11.5 Å². The molecule has 1 aliphatic rings. The highest BCUT2D eigenvalue weighted by Crippen LogP contribution is 2.11. The molecule has 0 aliphatic carbocycles. The molecule has 1 aliphatic heterocycles. The molecule has 0 spiro atoms. The van der Waals surface area contributed by atoms with Crippen LogP contribution in [0.1, 0.15) is 30.3 Å². The first-order chi connectivity index (χ1) is 9.29. The predicted octanol–water partition coefficient (Wildman–Crippen LogP) is 1.06. The number of ether oxygens (including phenoxy) is 1. The molecule has 0 aromatic carbocycles. The fourth-order valence-electron chi connectivity index (χ4n) is 1.89. The fraction of sp³-hybridized carbons (Fsp3) is 0.615. The van der Waals surface area contributed by atoms with E-state index in [4.69, 9.17) is 4.74 Å². The van der Waals surface area contributed by atoms with Crippen LogP contribution >= 0.6 is 0 Å². The minimum atomic E-state index is -0.181. The molecule has 1 aromatic heterocycles. The van der Waals surface area contributed by atoms with E-state index >= 15 is 0 Å². The Balaban J connectivity index is 1.86. The molecule has 2 N–H and O–H groups in total. The number of hydrogen-bond acceptors (Lipinski definition) is 5. The Bertz CT molecular complexity index is 419. The van der Waals surface area contributed by atoms with Gasteiger partial charge in [0.25, 0.3) is 5.91 Å². The van der Waals surface area contributed by atoms with Crippen molar-refractivity contribution in [2.45, 2.75) is 19.8 Å². The number of amides is 1. The highest BCUT2D eigenvalue weighted by atomic mass is 16.5. The van der Waals surface area contributed by atoms with Crippen molar-refractivity contribution in [1.82, 2.24) is 15.3 Å². The average Bonchev–Trinajstić information content (AvgIpc) is 2.96. The van der Waals surface area contributed by atoms with Gasteiger partial charge >= 0.3 is 0 Å². The summed E-state index contributed by atoms with van der Waals surface area (Å²) >= 11 is 0. The molecule has 1 saturated heterocycles. The summed E-state index contributed by atoms with van der Waals surface area (Å²) in [6, 6.07) is 0. The average molecular weight is 264 g/mol. The molecule has 2 rings (SSSR count). The van der Waals surface area contributed by atoms with Crippen LogP contribution in [0.2, 0.25) is 0 Å². The standard InChI is InChI=1S/C13H20N4O2/c1-2-4-15-12-8-14-7-11(17-12)13(18)16-6-10-3-5-19-9-10/h7-8,10H,2-6,9H2,1H3,(H,15,17)(H,16,18). The first-order valence-electron chi connectivity index (χ1n) is 6.71. The summed E-state index contributed by atoms with van der Waals surface area (Å²) in [5.41, 5.74) is 0.347. The quantitative estimate of drug-likeness (QED) is 0.803. The summed E-state index contributed by atoms with van der Waals surface area (Å²) in [7, 11) is 0. The van der Waals surface area contributed by atoms with E-state index in [0.717, 1.165) is 32.6 Å². The normalized spacial score (nSPS) is 18.3. The van der Waals surface area contributed by atoms with Gasteiger partial charge in [0, 0.05) is 25.6 Å². The molecule has 1 amide bonds. The van der Waals surface area contributed by atoms with Crippen LogP contribution in [0.15, 0.2) is 12.4 Å². The summed E-state index contributed by atoms with van der Waals surface area (Å²) in [4.78, 5) is 20.2. The molecule has 1 aromatic rings. The van der Waals surface area contributed by atoms with Crippen molar-refractivity contribution in [1.29, 1.82) is 0 Å². The Kier molecular flexibility index (Phi) is 5.09. The van der Waals surface area contributed by atoms with Crippen molar-refractivity contribution in [3.05, 3.63) is 18.1 Å². The molecule has 0 bridgehead atoms. The van der Waals surface area contributed by atoms with Crippen LogP contribution in [0.4, 0.5) is 5.82 Å². The second-order valence-corrected chi connectivity index (χ2v) is 4.66. The van der Waals surface area contributed by atoms with Crippen LogP contribution in [0.3, 0.4) is 0 Å². The van der Waals surface area contributed by atoms with Crippen LogP contribution in [-0.2, 0) is 4.74 Å². The highest BCUT2D eigenvalue weighted by Gasteiger charge is 2.17. The Morgan fingerprint density at radius 1 is 1.53 bits per heavy atom. The molecule has 1 atom stereocenters. The molecule has 2 heterocycles. The van der Waals surface area contributed by atoms with Crippen molar-refractivity contribution in [3.8, 4) is 0 Å². The lowest BCUT2D eigenvalue weighted by Gasteiger charge is -2.09. The summed E-state index contributed by atoms with van der Waals surface area (Å²) in [6.45, 7) is 5.04. The van der Waals surface area contributed by atoms with Gasteiger partial charge in [0.05, 0.1) is 19.0 Å². The third kappa shape index (κ3) is 4.17. The number of hydrogen-bond donors (Lipinski definition) is 2. The second-order valence-electron chi connectivity index (χ2n) is 4.66. The predicted molar refractivity (Wildman–Crippen MR) is 72.1 cm³/mol. The zero-order valence-electron chi connectivity index (χ0n) is 11.2. The lowest BCUT2D eigenvalue weighted by Crippen LogP contribution is -2.30. The van der Waals surface area contributed by atoms with Crippen LogP contribution in [-0.4, -0.2) is 42.2 Å². The zero-order valence-corrected chi connectivity index (χ0v) is 11.2. The first-order valence-corrected chi connectivity index (χ1v) is 6.71. The number of rotatable bonds is 6. The summed E-state index contributed by atoms with van der Waals surface area (Å²) < 4.78 is 5.27. The van der Waals surface area contributed by atoms with Gasteiger partial charge in [-0.05, 0) is 12.8 Å². The van der Waals surface area contributed by atoms with E-state index in [1.54, 1.807) is 6.20 Å². The van der Waals surface area contributed by atoms with Gasteiger partial charge in [-0.25, -0.2) is 4.98 Å². The molecule has 0 saturated carbocycles. The van der Waals surface area contributed by atoms with Crippen molar-refractivity contribution < 1.29 is 9.53 Å². The number of carbonyl (C=O) groups is 1. The Morgan fingerprint density at radius 3 is 3.16 bits per heavy atom. The number of anilines is 1. The zero-order chi connectivity index (χ0) is 13.5. The molecule has 19 heavy (non-hydrogen) atoms. The maximum atomic E-state index is 11.9. The van der Waals surface area contributed by atoms with Crippen molar-refractivity contribution in [2.24, 2.45) is 5.92 Å². The topological polar surface area (TPSA) is 76.1 Å². The molecule has 0 radical (unpaired) electrons. The van der Waals surface area contributed by atoms with Crippen molar-refractivity contribution in [2.75, 3.05) is 31.6 Å². The van der Waals surface area contributed by atoms with Gasteiger partial charge in [-0.15, -0.1) is 0 Å². The third-order valence-electron chi connectivity index (χ3n) is 3.00. The summed E-state index contributed by atoms with van der Waals surface area (Å²) in [6.07, 6.45) is 5.11. The van der Waals surface area contributed by atoms with E-state index in [1.807, 2.05) is 0 Å². The number of nitrogens with one attached hydrogen (secondary N) is 2. The van der Waals surface area contributed by atoms with Crippen LogP contribution in [0.5, 0.6) is 0 Å². The third-order valence-corrected chi connectivity index (χ3v) is 3.00. The van der Waals surface area contributed by atoms with Crippen molar-refractivity contribution in [3.63, 3.8) is 0 Å². The van der Waals surface area contributed by atoms with Gasteiger partial charge in [0.15, 0.2) is 0 Å². The van der Waals surface area contributed by atoms with Crippen LogP contribution in [0, 0.1) is 5.92 Å². The van der Waals surface area contributed by atoms with E-state index in [9.17, 15) is 4.79 Å². The first kappa shape index (κ1) is 13.7. The Morgan fingerprint density at radius 2 is 2.42 bits per heavy atom. The van der Waals surface area contributed by atoms with Crippen molar-refractivity contribution >= 4 is 11.7 Å². The molecule has 1 fully saturated rings. The molecule has 1 unspecified atom stereocenters. The monoisotopic (exact) mass is 264 g/mol. The van der Waals surface area contributed by atoms with E-state index < -0.39 is 0 Å². The van der Waals surface area contributed by atoms with E-state index in [0.29, 0.717) is 24.0 Å². The smallest absolute Gasteiger partial charge is 0.271 e. The second kappa shape index (κ2) is 7.04. The van der Waals surface area contributed by atoms with Gasteiger partial charge < -0.3 is 15.4 Å². The fourth-order valence-corrected chi connectivity index (χ4v) is 1.89. The van der Waals surface area contributed by atoms with Gasteiger partial charge in [-0.3, -0.25) is 9.78 Å². The number of carbonyl (C=O) groups excluding carboxylic acids is 1. The van der Waals surface area contributed by atoms with Gasteiger partial charge in [-0.1, -0.05) is 6.92 Å². The maximum Gasteiger partial charge on any atom is 0.271 e. The van der Waals surface area contributed by atoms with Crippen LogP contribution in [0.25, 0.3) is 0 Å². The molecule has 6 nitrogen and oxygen atoms in total.